The molecule has 3 N–H and O–H groups in total. The highest BCUT2D eigenvalue weighted by Crippen LogP contribution is 2.26. The molecule has 2 rings (SSSR count). The number of methoxy groups -OCH3 is 1. The molecule has 1 aromatic heterocycles. The number of nitrogens with zero attached hydrogens (tertiary/aromatic N) is 1. The quantitative estimate of drug-likeness (QED) is 0.800. The first-order valence-corrected chi connectivity index (χ1v) is 7.72. The van der Waals surface area contributed by atoms with Crippen LogP contribution in [0.2, 0.25) is 0 Å². The van der Waals surface area contributed by atoms with Gasteiger partial charge in [-0.3, -0.25) is 4.79 Å². The maximum Gasteiger partial charge on any atom is 0.230 e. The molecule has 0 saturated carbocycles. The van der Waals surface area contributed by atoms with Crippen molar-refractivity contribution in [1.29, 1.82) is 0 Å². The third kappa shape index (κ3) is 4.14. The van der Waals surface area contributed by atoms with Crippen molar-refractivity contribution in [2.24, 2.45) is 0 Å². The van der Waals surface area contributed by atoms with E-state index in [9.17, 15) is 4.79 Å². The Balaban J connectivity index is 1.80. The van der Waals surface area contributed by atoms with Gasteiger partial charge in [-0.2, -0.15) is 0 Å². The van der Waals surface area contributed by atoms with Gasteiger partial charge in [-0.25, -0.2) is 4.98 Å². The summed E-state index contributed by atoms with van der Waals surface area (Å²) in [5.41, 5.74) is 6.49. The summed E-state index contributed by atoms with van der Waals surface area (Å²) in [5, 5.41) is 3.38. The number of nitrogens with two attached hydrogens (primary N) is 1. The van der Waals surface area contributed by atoms with Crippen LogP contribution in [-0.2, 0) is 11.3 Å². The van der Waals surface area contributed by atoms with Crippen LogP contribution in [0.15, 0.2) is 34.7 Å². The van der Waals surface area contributed by atoms with E-state index in [0.29, 0.717) is 17.4 Å². The SMILES string of the molecule is COc1ccccc1CNC(=O)CSc1cnc(N)s1. The van der Waals surface area contributed by atoms with E-state index >= 15 is 0 Å². The molecule has 0 aliphatic carbocycles. The van der Waals surface area contributed by atoms with E-state index in [1.165, 1.54) is 23.1 Å². The van der Waals surface area contributed by atoms with Crippen LogP contribution in [0.5, 0.6) is 5.75 Å². The van der Waals surface area contributed by atoms with Crippen molar-refractivity contribution in [2.45, 2.75) is 10.8 Å². The van der Waals surface area contributed by atoms with Gasteiger partial charge >= 0.3 is 0 Å². The summed E-state index contributed by atoms with van der Waals surface area (Å²) in [5.74, 6) is 1.08. The molecule has 1 aromatic carbocycles. The Kier molecular flexibility index (Phi) is 5.25. The molecule has 0 bridgehead atoms. The zero-order chi connectivity index (χ0) is 14.4. The second-order valence-corrected chi connectivity index (χ2v) is 6.23. The molecular formula is C13H15N3O2S2. The maximum atomic E-state index is 11.8. The zero-order valence-electron chi connectivity index (χ0n) is 11.0. The number of thioether (sulfide) groups is 1. The topological polar surface area (TPSA) is 77.2 Å². The van der Waals surface area contributed by atoms with Gasteiger partial charge in [-0.1, -0.05) is 29.5 Å². The van der Waals surface area contributed by atoms with Crippen LogP contribution in [0.25, 0.3) is 0 Å². The van der Waals surface area contributed by atoms with Crippen molar-refractivity contribution in [3.8, 4) is 5.75 Å². The zero-order valence-corrected chi connectivity index (χ0v) is 12.6. The van der Waals surface area contributed by atoms with Crippen molar-refractivity contribution in [1.82, 2.24) is 10.3 Å². The molecule has 5 nitrogen and oxygen atoms in total. The van der Waals surface area contributed by atoms with Gasteiger partial charge in [0.25, 0.3) is 0 Å². The summed E-state index contributed by atoms with van der Waals surface area (Å²) >= 11 is 2.81. The minimum Gasteiger partial charge on any atom is -0.496 e. The Hall–Kier alpha value is -1.73. The van der Waals surface area contributed by atoms with Gasteiger partial charge in [0.15, 0.2) is 5.13 Å². The number of para-hydroxylation sites is 1. The van der Waals surface area contributed by atoms with Gasteiger partial charge in [0.2, 0.25) is 5.91 Å². The number of carbonyl (C=O) groups is 1. The van der Waals surface area contributed by atoms with E-state index in [2.05, 4.69) is 10.3 Å². The van der Waals surface area contributed by atoms with Gasteiger partial charge in [-0.05, 0) is 6.07 Å². The third-order valence-electron chi connectivity index (χ3n) is 2.52. The largest absolute Gasteiger partial charge is 0.496 e. The number of nitrogen functional groups attached to an aromatic ring is 1. The molecule has 1 amide bonds. The van der Waals surface area contributed by atoms with Crippen LogP contribution in [0.1, 0.15) is 5.56 Å². The van der Waals surface area contributed by atoms with E-state index in [1.54, 1.807) is 13.3 Å². The molecule has 106 valence electrons. The smallest absolute Gasteiger partial charge is 0.230 e. The average Bonchev–Trinajstić information content (AvgIpc) is 2.89. The van der Waals surface area contributed by atoms with E-state index in [4.69, 9.17) is 10.5 Å². The van der Waals surface area contributed by atoms with E-state index in [1.807, 2.05) is 24.3 Å². The normalized spacial score (nSPS) is 10.2. The predicted octanol–water partition coefficient (Wildman–Crippen LogP) is 2.14. The number of ether oxygens (including phenoxy) is 1. The number of anilines is 1. The first-order valence-electron chi connectivity index (χ1n) is 5.91. The van der Waals surface area contributed by atoms with Crippen molar-refractivity contribution in [2.75, 3.05) is 18.6 Å². The summed E-state index contributed by atoms with van der Waals surface area (Å²) in [7, 11) is 1.62. The Morgan fingerprint density at radius 3 is 3.00 bits per heavy atom. The molecule has 0 unspecified atom stereocenters. The fourth-order valence-corrected chi connectivity index (χ4v) is 3.16. The molecular weight excluding hydrogens is 294 g/mol. The molecule has 20 heavy (non-hydrogen) atoms. The Morgan fingerprint density at radius 1 is 1.50 bits per heavy atom. The van der Waals surface area contributed by atoms with Crippen LogP contribution in [-0.4, -0.2) is 23.8 Å². The van der Waals surface area contributed by atoms with Crippen LogP contribution in [0.3, 0.4) is 0 Å². The van der Waals surface area contributed by atoms with E-state index in [-0.39, 0.29) is 5.91 Å². The summed E-state index contributed by atoms with van der Waals surface area (Å²) in [6.45, 7) is 0.453. The number of hydrogen-bond acceptors (Lipinski definition) is 6. The number of nitrogens with one attached hydrogen (secondary N) is 1. The predicted molar refractivity (Wildman–Crippen MR) is 82.1 cm³/mol. The number of carbonyl (C=O) groups excluding carboxylic acids is 1. The van der Waals surface area contributed by atoms with E-state index < -0.39 is 0 Å². The molecule has 0 fully saturated rings. The highest BCUT2D eigenvalue weighted by Gasteiger charge is 2.07. The molecule has 0 aliphatic rings. The van der Waals surface area contributed by atoms with Crippen molar-refractivity contribution in [3.05, 3.63) is 36.0 Å². The van der Waals surface area contributed by atoms with Gasteiger partial charge in [-0.15, -0.1) is 11.8 Å². The number of aromatic nitrogens is 1. The van der Waals surface area contributed by atoms with E-state index in [0.717, 1.165) is 15.5 Å². The highest BCUT2D eigenvalue weighted by molar-refractivity contribution is 8.01. The molecule has 7 heteroatoms. The standard InChI is InChI=1S/C13H15N3O2S2/c1-18-10-5-3-2-4-9(10)6-15-11(17)8-19-12-7-16-13(14)20-12/h2-5,7H,6,8H2,1H3,(H2,14,16)(H,15,17). The first-order chi connectivity index (χ1) is 9.69. The molecule has 2 aromatic rings. The lowest BCUT2D eigenvalue weighted by molar-refractivity contribution is -0.118. The molecule has 0 atom stereocenters. The van der Waals surface area contributed by atoms with Gasteiger partial charge in [0, 0.05) is 12.1 Å². The second kappa shape index (κ2) is 7.16. The number of hydrogen-bond donors (Lipinski definition) is 2. The lowest BCUT2D eigenvalue weighted by atomic mass is 10.2. The number of rotatable bonds is 6. The monoisotopic (exact) mass is 309 g/mol. The molecule has 1 heterocycles. The molecule has 0 aliphatic heterocycles. The number of amides is 1. The Bertz CT molecular complexity index is 587. The van der Waals surface area contributed by atoms with Crippen molar-refractivity contribution in [3.63, 3.8) is 0 Å². The molecule has 0 spiro atoms. The summed E-state index contributed by atoms with van der Waals surface area (Å²) < 4.78 is 6.17. The maximum absolute atomic E-state index is 11.8. The highest BCUT2D eigenvalue weighted by atomic mass is 32.2. The lowest BCUT2D eigenvalue weighted by Gasteiger charge is -2.09. The summed E-state index contributed by atoms with van der Waals surface area (Å²) in [6.07, 6.45) is 1.68. The fraction of sp³-hybridized carbons (Fsp3) is 0.231. The third-order valence-corrected chi connectivity index (χ3v) is 4.54. The van der Waals surface area contributed by atoms with Crippen LogP contribution < -0.4 is 15.8 Å². The summed E-state index contributed by atoms with van der Waals surface area (Å²) in [4.78, 5) is 15.7. The fourth-order valence-electron chi connectivity index (χ4n) is 1.57. The summed E-state index contributed by atoms with van der Waals surface area (Å²) in [6, 6.07) is 7.61. The minimum absolute atomic E-state index is 0.0344. The van der Waals surface area contributed by atoms with Crippen molar-refractivity contribution >= 4 is 34.1 Å². The van der Waals surface area contributed by atoms with Gasteiger partial charge in [0.05, 0.1) is 23.3 Å². The number of thiazole rings is 1. The Labute approximate surface area is 125 Å². The van der Waals surface area contributed by atoms with Crippen LogP contribution >= 0.6 is 23.1 Å². The number of benzene rings is 1. The molecule has 0 saturated heterocycles. The Morgan fingerprint density at radius 2 is 2.30 bits per heavy atom. The van der Waals surface area contributed by atoms with Crippen LogP contribution in [0.4, 0.5) is 5.13 Å². The van der Waals surface area contributed by atoms with Crippen molar-refractivity contribution < 1.29 is 9.53 Å². The van der Waals surface area contributed by atoms with Gasteiger partial charge in [0.1, 0.15) is 5.75 Å². The van der Waals surface area contributed by atoms with Gasteiger partial charge < -0.3 is 15.8 Å². The van der Waals surface area contributed by atoms with Crippen LogP contribution in [0, 0.1) is 0 Å². The average molecular weight is 309 g/mol. The molecule has 0 radical (unpaired) electrons. The minimum atomic E-state index is -0.0344. The lowest BCUT2D eigenvalue weighted by Crippen LogP contribution is -2.24. The second-order valence-electron chi connectivity index (χ2n) is 3.89. The first kappa shape index (κ1) is 14.7.